The first-order valence-corrected chi connectivity index (χ1v) is 11.4. The van der Waals surface area contributed by atoms with Crippen molar-refractivity contribution in [3.8, 4) is 0 Å². The number of carbonyl (C=O) groups excluding carboxylic acids is 1. The lowest BCUT2D eigenvalue weighted by atomic mass is 10.1. The van der Waals surface area contributed by atoms with E-state index in [1.54, 1.807) is 25.1 Å². The Labute approximate surface area is 188 Å². The highest BCUT2D eigenvalue weighted by Crippen LogP contribution is 2.26. The van der Waals surface area contributed by atoms with Crippen LogP contribution in [0.1, 0.15) is 24.7 Å². The Morgan fingerprint density at radius 1 is 1.16 bits per heavy atom. The maximum Gasteiger partial charge on any atom is 0.244 e. The fraction of sp³-hybridized carbons (Fsp3) is 0.263. The molecule has 1 aromatic heterocycles. The van der Waals surface area contributed by atoms with E-state index in [0.29, 0.717) is 21.4 Å². The molecule has 1 atom stereocenters. The van der Waals surface area contributed by atoms with Gasteiger partial charge in [-0.3, -0.25) is 4.79 Å². The molecule has 0 aliphatic carbocycles. The Hall–Kier alpha value is -2.40. The zero-order valence-corrected chi connectivity index (χ0v) is 18.6. The number of rotatable bonds is 9. The number of Topliss-reactive ketones (excluding diaryl/α,β-unsaturated/α-hetero) is 1. The molecule has 0 spiro atoms. The lowest BCUT2D eigenvalue weighted by Crippen LogP contribution is -2.42. The van der Waals surface area contributed by atoms with Gasteiger partial charge in [-0.15, -0.1) is 5.10 Å². The summed E-state index contributed by atoms with van der Waals surface area (Å²) in [5.41, 5.74) is 0.599. The van der Waals surface area contributed by atoms with Crippen molar-refractivity contribution in [1.82, 2.24) is 24.9 Å². The van der Waals surface area contributed by atoms with Gasteiger partial charge in [0.25, 0.3) is 0 Å². The molecular weight excluding hydrogens is 468 g/mol. The lowest BCUT2D eigenvalue weighted by Gasteiger charge is -2.16. The smallest absolute Gasteiger partial charge is 0.244 e. The zero-order valence-electron chi connectivity index (χ0n) is 16.3. The van der Waals surface area contributed by atoms with Crippen LogP contribution in [-0.4, -0.2) is 40.5 Å². The maximum atomic E-state index is 13.9. The van der Waals surface area contributed by atoms with Crippen molar-refractivity contribution in [2.75, 3.05) is 0 Å². The molecule has 2 aromatic carbocycles. The number of carbonyl (C=O) groups is 1. The van der Waals surface area contributed by atoms with E-state index >= 15 is 0 Å². The van der Waals surface area contributed by atoms with Crippen molar-refractivity contribution in [3.63, 3.8) is 0 Å². The van der Waals surface area contributed by atoms with Gasteiger partial charge in [0.15, 0.2) is 11.6 Å². The van der Waals surface area contributed by atoms with Gasteiger partial charge >= 0.3 is 0 Å². The normalized spacial score (nSPS) is 12.6. The average molecular weight is 486 g/mol. The molecule has 3 rings (SSSR count). The highest BCUT2D eigenvalue weighted by molar-refractivity contribution is 7.89. The monoisotopic (exact) mass is 485 g/mol. The van der Waals surface area contributed by atoms with Gasteiger partial charge in [-0.1, -0.05) is 48.3 Å². The van der Waals surface area contributed by atoms with Crippen LogP contribution in [0.3, 0.4) is 0 Å². The highest BCUT2D eigenvalue weighted by Gasteiger charge is 2.27. The van der Waals surface area contributed by atoms with Gasteiger partial charge in [-0.2, -0.15) is 0 Å². The molecule has 8 nitrogen and oxygen atoms in total. The molecule has 31 heavy (non-hydrogen) atoms. The number of sulfonamides is 1. The van der Waals surface area contributed by atoms with Gasteiger partial charge in [0.05, 0.1) is 6.04 Å². The van der Waals surface area contributed by atoms with E-state index in [2.05, 4.69) is 20.2 Å². The van der Waals surface area contributed by atoms with Crippen molar-refractivity contribution in [3.05, 3.63) is 69.7 Å². The van der Waals surface area contributed by atoms with E-state index in [1.807, 2.05) is 0 Å². The topological polar surface area (TPSA) is 107 Å². The largest absolute Gasteiger partial charge is 0.296 e. The van der Waals surface area contributed by atoms with Gasteiger partial charge in [0.2, 0.25) is 10.0 Å². The van der Waals surface area contributed by atoms with Crippen LogP contribution in [0.15, 0.2) is 47.4 Å². The zero-order chi connectivity index (χ0) is 22.6. The summed E-state index contributed by atoms with van der Waals surface area (Å²) >= 11 is 12.4. The Morgan fingerprint density at radius 3 is 2.48 bits per heavy atom. The van der Waals surface area contributed by atoms with E-state index in [0.717, 1.165) is 12.1 Å². The number of hydrogen-bond donors (Lipinski definition) is 1. The average Bonchev–Trinajstić information content (AvgIpc) is 3.15. The summed E-state index contributed by atoms with van der Waals surface area (Å²) in [6.45, 7) is 1.35. The second-order valence-electron chi connectivity index (χ2n) is 6.61. The third-order valence-corrected chi connectivity index (χ3v) is 6.74. The second kappa shape index (κ2) is 9.82. The number of benzene rings is 2. The van der Waals surface area contributed by atoms with Gasteiger partial charge < -0.3 is 0 Å². The van der Waals surface area contributed by atoms with Crippen LogP contribution in [0.4, 0.5) is 4.39 Å². The maximum absolute atomic E-state index is 13.9. The van der Waals surface area contributed by atoms with Crippen molar-refractivity contribution in [1.29, 1.82) is 0 Å². The molecule has 164 valence electrons. The summed E-state index contributed by atoms with van der Waals surface area (Å²) in [7, 11) is -4.24. The quantitative estimate of drug-likeness (QED) is 0.499. The molecule has 0 saturated heterocycles. The highest BCUT2D eigenvalue weighted by atomic mass is 35.5. The molecule has 12 heteroatoms. The number of nitrogens with zero attached hydrogens (tertiary/aromatic N) is 4. The number of aromatic nitrogens is 4. The molecule has 1 N–H and O–H groups in total. The summed E-state index contributed by atoms with van der Waals surface area (Å²) in [5, 5.41) is 12.2. The van der Waals surface area contributed by atoms with E-state index in [4.69, 9.17) is 23.2 Å². The number of ketones is 1. The lowest BCUT2D eigenvalue weighted by molar-refractivity contribution is -0.121. The second-order valence-corrected chi connectivity index (χ2v) is 9.11. The number of nitrogens with one attached hydrogen (secondary N) is 1. The predicted molar refractivity (Wildman–Crippen MR) is 113 cm³/mol. The first-order valence-electron chi connectivity index (χ1n) is 9.20. The van der Waals surface area contributed by atoms with E-state index in [1.165, 1.54) is 16.8 Å². The molecule has 3 aromatic rings. The Balaban J connectivity index is 1.77. The number of hydrogen-bond acceptors (Lipinski definition) is 6. The van der Waals surface area contributed by atoms with Crippen LogP contribution in [-0.2, 0) is 27.8 Å². The Morgan fingerprint density at radius 2 is 1.84 bits per heavy atom. The molecule has 0 bridgehead atoms. The van der Waals surface area contributed by atoms with Crippen LogP contribution >= 0.6 is 23.2 Å². The molecule has 0 aliphatic heterocycles. The van der Waals surface area contributed by atoms with Gasteiger partial charge in [-0.25, -0.2) is 22.2 Å². The molecule has 0 radical (unpaired) electrons. The first-order chi connectivity index (χ1) is 14.7. The van der Waals surface area contributed by atoms with Crippen LogP contribution in [0.25, 0.3) is 0 Å². The van der Waals surface area contributed by atoms with Gasteiger partial charge in [0, 0.05) is 16.5 Å². The van der Waals surface area contributed by atoms with E-state index in [-0.39, 0.29) is 19.4 Å². The fourth-order valence-electron chi connectivity index (χ4n) is 2.88. The summed E-state index contributed by atoms with van der Waals surface area (Å²) in [6.07, 6.45) is 0.330. The van der Waals surface area contributed by atoms with Crippen molar-refractivity contribution in [2.45, 2.75) is 37.2 Å². The standard InChI is InChI=1S/C19H18Cl2FN5O3S/c1-2-16(24-31(29,30)18-9-4-3-8-15(18)22)17(28)11-27-19(23-25-26-27)10-12-13(20)6-5-7-14(12)21/h3-9,16,24H,2,10-11H2,1H3. The van der Waals surface area contributed by atoms with E-state index < -0.39 is 32.6 Å². The molecular formula is C19H18Cl2FN5O3S. The van der Waals surface area contributed by atoms with Crippen LogP contribution in [0.2, 0.25) is 10.0 Å². The fourth-order valence-corrected chi connectivity index (χ4v) is 4.79. The van der Waals surface area contributed by atoms with Crippen LogP contribution in [0.5, 0.6) is 0 Å². The minimum absolute atomic E-state index is 0.153. The summed E-state index contributed by atoms with van der Waals surface area (Å²) in [5.74, 6) is -1.06. The molecule has 0 fully saturated rings. The van der Waals surface area contributed by atoms with Crippen LogP contribution in [0, 0.1) is 5.82 Å². The van der Waals surface area contributed by atoms with E-state index in [9.17, 15) is 17.6 Å². The third-order valence-electron chi connectivity index (χ3n) is 4.53. The number of halogens is 3. The van der Waals surface area contributed by atoms with Crippen LogP contribution < -0.4 is 4.72 Å². The Kier molecular flexibility index (Phi) is 7.37. The van der Waals surface area contributed by atoms with Crippen molar-refractivity contribution < 1.29 is 17.6 Å². The molecule has 0 amide bonds. The van der Waals surface area contributed by atoms with Gasteiger partial charge in [0.1, 0.15) is 17.3 Å². The Bertz CT molecular complexity index is 1180. The van der Waals surface area contributed by atoms with Crippen molar-refractivity contribution >= 4 is 39.0 Å². The molecule has 1 unspecified atom stereocenters. The summed E-state index contributed by atoms with van der Waals surface area (Å²) in [4.78, 5) is 12.3. The first kappa shape index (κ1) is 23.3. The summed E-state index contributed by atoms with van der Waals surface area (Å²) < 4.78 is 42.5. The minimum Gasteiger partial charge on any atom is -0.296 e. The predicted octanol–water partition coefficient (Wildman–Crippen LogP) is 3.04. The minimum atomic E-state index is -4.24. The SMILES string of the molecule is CCC(NS(=O)(=O)c1ccccc1F)C(=O)Cn1nnnc1Cc1c(Cl)cccc1Cl. The molecule has 1 heterocycles. The molecule has 0 saturated carbocycles. The number of tetrazole rings is 1. The molecule has 0 aliphatic rings. The van der Waals surface area contributed by atoms with Crippen molar-refractivity contribution in [2.24, 2.45) is 0 Å². The van der Waals surface area contributed by atoms with Gasteiger partial charge in [-0.05, 0) is 46.7 Å². The third kappa shape index (κ3) is 5.45. The summed E-state index contributed by atoms with van der Waals surface area (Å²) in [6, 6.07) is 8.89.